The predicted octanol–water partition coefficient (Wildman–Crippen LogP) is 5.11. The van der Waals surface area contributed by atoms with E-state index in [9.17, 15) is 14.3 Å². The molecule has 1 saturated heterocycles. The number of aromatic hydroxyl groups is 1. The molecular weight excluding hydrogens is 571 g/mol. The molecule has 7 rings (SSSR count). The van der Waals surface area contributed by atoms with Crippen molar-refractivity contribution in [3.05, 3.63) is 108 Å². The van der Waals surface area contributed by atoms with E-state index in [-0.39, 0.29) is 5.75 Å². The van der Waals surface area contributed by atoms with E-state index in [1.165, 1.54) is 11.6 Å². The monoisotopic (exact) mass is 600 g/mol. The molecule has 4 aromatic heterocycles. The molecule has 11 heteroatoms. The lowest BCUT2D eigenvalue weighted by molar-refractivity contribution is 0.112. The van der Waals surface area contributed by atoms with E-state index in [1.807, 2.05) is 28.8 Å². The summed E-state index contributed by atoms with van der Waals surface area (Å²) in [6.07, 6.45) is 5.11. The zero-order valence-electron chi connectivity index (χ0n) is 24.2. The summed E-state index contributed by atoms with van der Waals surface area (Å²) in [5.74, 6) is -0.0186. The third kappa shape index (κ3) is 5.56. The van der Waals surface area contributed by atoms with Crippen LogP contribution < -0.4 is 10.6 Å². The molecule has 224 valence electrons. The number of aldehydes is 1. The van der Waals surface area contributed by atoms with E-state index in [0.717, 1.165) is 61.6 Å². The highest BCUT2D eigenvalue weighted by Crippen LogP contribution is 2.33. The van der Waals surface area contributed by atoms with Crippen LogP contribution in [0.5, 0.6) is 5.75 Å². The first-order valence-corrected chi connectivity index (χ1v) is 14.5. The molecule has 0 radical (unpaired) electrons. The highest BCUT2D eigenvalue weighted by molar-refractivity contribution is 5.87. The fourth-order valence-electron chi connectivity index (χ4n) is 5.71. The summed E-state index contributed by atoms with van der Waals surface area (Å²) in [5, 5.41) is 10.1. The number of benzene rings is 2. The molecule has 0 unspecified atom stereocenters. The van der Waals surface area contributed by atoms with Crippen LogP contribution in [0.15, 0.2) is 91.4 Å². The van der Waals surface area contributed by atoms with Gasteiger partial charge in [-0.05, 0) is 60.2 Å². The van der Waals surface area contributed by atoms with Gasteiger partial charge in [-0.1, -0.05) is 12.1 Å². The lowest BCUT2D eigenvalue weighted by Crippen LogP contribution is -2.45. The van der Waals surface area contributed by atoms with Crippen LogP contribution >= 0.6 is 0 Å². The van der Waals surface area contributed by atoms with Crippen molar-refractivity contribution in [3.8, 4) is 34.1 Å². The van der Waals surface area contributed by atoms with Crippen LogP contribution in [0, 0.1) is 5.82 Å². The van der Waals surface area contributed by atoms with Crippen LogP contribution in [-0.4, -0.2) is 67.0 Å². The SMILES string of the molecule is Nc1ncccc1-c1cc2ncc(-c3ccc(F)cn3)nc2n1-c1ccc(CN2CCN(c3ccc(C=O)c(O)c3)CC2)cc1. The average molecular weight is 601 g/mol. The molecular formula is C34H29FN8O2. The van der Waals surface area contributed by atoms with Crippen LogP contribution in [0.4, 0.5) is 15.9 Å². The van der Waals surface area contributed by atoms with E-state index in [2.05, 4.69) is 49.0 Å². The van der Waals surface area contributed by atoms with Gasteiger partial charge in [0, 0.05) is 61.9 Å². The molecule has 0 aliphatic carbocycles. The van der Waals surface area contributed by atoms with Crippen LogP contribution in [0.3, 0.4) is 0 Å². The summed E-state index contributed by atoms with van der Waals surface area (Å²) < 4.78 is 15.5. The first-order chi connectivity index (χ1) is 22.0. The van der Waals surface area contributed by atoms with Crippen LogP contribution in [0.25, 0.3) is 39.5 Å². The second-order valence-corrected chi connectivity index (χ2v) is 10.9. The number of nitrogens with zero attached hydrogens (tertiary/aromatic N) is 7. The van der Waals surface area contributed by atoms with Crippen molar-refractivity contribution in [3.63, 3.8) is 0 Å². The van der Waals surface area contributed by atoms with E-state index >= 15 is 0 Å². The van der Waals surface area contributed by atoms with Crippen LogP contribution in [0.1, 0.15) is 15.9 Å². The number of anilines is 2. The molecule has 10 nitrogen and oxygen atoms in total. The van der Waals surface area contributed by atoms with Gasteiger partial charge < -0.3 is 15.7 Å². The standard InChI is InChI=1S/C34H29FN8O2/c35-24-6-10-28(38-18-24)30-19-39-29-17-31(27-2-1-11-37-33(27)36)43(34(29)40-30)25-7-3-22(4-8-25)20-41-12-14-42(15-13-41)26-9-5-23(21-44)32(45)16-26/h1-11,16-19,21,45H,12-15,20H2,(H2,36,37). The fraction of sp³-hybridized carbons (Fsp3) is 0.147. The van der Waals surface area contributed by atoms with Gasteiger partial charge in [-0.2, -0.15) is 0 Å². The molecule has 0 atom stereocenters. The fourth-order valence-corrected chi connectivity index (χ4v) is 5.71. The molecule has 0 saturated carbocycles. The number of phenolic OH excluding ortho intramolecular Hbond substituents is 1. The summed E-state index contributed by atoms with van der Waals surface area (Å²) in [6.45, 7) is 4.14. The second-order valence-electron chi connectivity index (χ2n) is 10.9. The summed E-state index contributed by atoms with van der Waals surface area (Å²) in [6, 6.07) is 22.2. The smallest absolute Gasteiger partial charge is 0.164 e. The summed E-state index contributed by atoms with van der Waals surface area (Å²) >= 11 is 0. The molecule has 3 N–H and O–H groups in total. The van der Waals surface area contributed by atoms with Gasteiger partial charge in [0.2, 0.25) is 0 Å². The third-order valence-electron chi connectivity index (χ3n) is 8.09. The number of carbonyl (C=O) groups is 1. The number of phenols is 1. The van der Waals surface area contributed by atoms with Crippen molar-refractivity contribution in [2.45, 2.75) is 6.54 Å². The molecule has 45 heavy (non-hydrogen) atoms. The van der Waals surface area contributed by atoms with E-state index in [4.69, 9.17) is 10.7 Å². The molecule has 1 aliphatic heterocycles. The lowest BCUT2D eigenvalue weighted by atomic mass is 10.1. The number of hydrogen-bond donors (Lipinski definition) is 2. The Morgan fingerprint density at radius 1 is 0.867 bits per heavy atom. The van der Waals surface area contributed by atoms with Gasteiger partial charge in [0.05, 0.1) is 29.3 Å². The minimum absolute atomic E-state index is 0.00388. The van der Waals surface area contributed by atoms with Crippen molar-refractivity contribution in [2.75, 3.05) is 36.8 Å². The molecule has 0 bridgehead atoms. The van der Waals surface area contributed by atoms with Crippen molar-refractivity contribution in [2.24, 2.45) is 0 Å². The first kappa shape index (κ1) is 28.1. The number of nitrogens with two attached hydrogens (primary N) is 1. The molecule has 0 amide bonds. The normalized spacial score (nSPS) is 13.8. The molecule has 5 heterocycles. The third-order valence-corrected chi connectivity index (χ3v) is 8.09. The van der Waals surface area contributed by atoms with Gasteiger partial charge in [-0.3, -0.25) is 24.2 Å². The summed E-state index contributed by atoms with van der Waals surface area (Å²) in [5.41, 5.74) is 13.5. The number of rotatable bonds is 7. The van der Waals surface area contributed by atoms with Gasteiger partial charge in [-0.25, -0.2) is 14.4 Å². The van der Waals surface area contributed by atoms with Gasteiger partial charge in [0.1, 0.15) is 28.6 Å². The first-order valence-electron chi connectivity index (χ1n) is 14.5. The van der Waals surface area contributed by atoms with Crippen molar-refractivity contribution >= 4 is 29.0 Å². The Kier molecular flexibility index (Phi) is 7.36. The number of pyridine rings is 2. The maximum atomic E-state index is 13.5. The molecule has 0 spiro atoms. The van der Waals surface area contributed by atoms with Crippen molar-refractivity contribution in [1.82, 2.24) is 29.4 Å². The highest BCUT2D eigenvalue weighted by Gasteiger charge is 2.20. The van der Waals surface area contributed by atoms with E-state index in [0.29, 0.717) is 40.2 Å². The number of carbonyl (C=O) groups excluding carboxylic acids is 1. The summed E-state index contributed by atoms with van der Waals surface area (Å²) in [4.78, 5) is 33.7. The van der Waals surface area contributed by atoms with Gasteiger partial charge in [-0.15, -0.1) is 0 Å². The molecule has 1 aliphatic rings. The maximum Gasteiger partial charge on any atom is 0.164 e. The Morgan fingerprint density at radius 2 is 1.67 bits per heavy atom. The number of piperazine rings is 1. The minimum Gasteiger partial charge on any atom is -0.507 e. The van der Waals surface area contributed by atoms with E-state index < -0.39 is 5.82 Å². The van der Waals surface area contributed by atoms with Crippen LogP contribution in [-0.2, 0) is 6.54 Å². The number of halogens is 1. The topological polar surface area (TPSA) is 126 Å². The predicted molar refractivity (Wildman–Crippen MR) is 171 cm³/mol. The van der Waals surface area contributed by atoms with Gasteiger partial charge >= 0.3 is 0 Å². The Bertz CT molecular complexity index is 2000. The number of nitrogen functional groups attached to an aromatic ring is 1. The Balaban J connectivity index is 1.15. The van der Waals surface area contributed by atoms with Gasteiger partial charge in [0.25, 0.3) is 0 Å². The Labute approximate surface area is 258 Å². The van der Waals surface area contributed by atoms with Crippen molar-refractivity contribution < 1.29 is 14.3 Å². The number of aromatic nitrogens is 5. The van der Waals surface area contributed by atoms with E-state index in [1.54, 1.807) is 30.6 Å². The largest absolute Gasteiger partial charge is 0.507 e. The zero-order chi connectivity index (χ0) is 30.9. The van der Waals surface area contributed by atoms with Crippen LogP contribution in [0.2, 0.25) is 0 Å². The lowest BCUT2D eigenvalue weighted by Gasteiger charge is -2.36. The molecule has 6 aromatic rings. The minimum atomic E-state index is -0.418. The Hall–Kier alpha value is -5.68. The van der Waals surface area contributed by atoms with Crippen molar-refractivity contribution in [1.29, 1.82) is 0 Å². The number of hydrogen-bond acceptors (Lipinski definition) is 9. The highest BCUT2D eigenvalue weighted by atomic mass is 19.1. The second kappa shape index (κ2) is 11.8. The number of fused-ring (bicyclic) bond motifs is 1. The average Bonchev–Trinajstić information content (AvgIpc) is 3.44. The quantitative estimate of drug-likeness (QED) is 0.241. The summed E-state index contributed by atoms with van der Waals surface area (Å²) in [7, 11) is 0. The molecule has 1 fully saturated rings. The van der Waals surface area contributed by atoms with Gasteiger partial charge in [0.15, 0.2) is 11.9 Å². The zero-order valence-corrected chi connectivity index (χ0v) is 24.2. The molecule has 2 aromatic carbocycles. The Morgan fingerprint density at radius 3 is 2.38 bits per heavy atom. The maximum absolute atomic E-state index is 13.5.